The van der Waals surface area contributed by atoms with Gasteiger partial charge in [-0.1, -0.05) is 17.7 Å². The number of hydrogen-bond acceptors (Lipinski definition) is 5. The van der Waals surface area contributed by atoms with Crippen molar-refractivity contribution >= 4 is 23.2 Å². The highest BCUT2D eigenvalue weighted by Crippen LogP contribution is 2.27. The van der Waals surface area contributed by atoms with E-state index < -0.39 is 29.2 Å². The van der Waals surface area contributed by atoms with E-state index in [2.05, 4.69) is 5.32 Å². The molecule has 0 heterocycles. The van der Waals surface area contributed by atoms with Crippen LogP contribution in [0.1, 0.15) is 10.4 Å². The lowest BCUT2D eigenvalue weighted by atomic mass is 10.1. The smallest absolute Gasteiger partial charge is 0.300 e. The first-order valence-electron chi connectivity index (χ1n) is 4.97. The van der Waals surface area contributed by atoms with Crippen LogP contribution in [0.15, 0.2) is 18.2 Å². The van der Waals surface area contributed by atoms with Crippen molar-refractivity contribution in [2.45, 2.75) is 6.10 Å². The zero-order chi connectivity index (χ0) is 13.7. The second kappa shape index (κ2) is 6.29. The third-order valence-electron chi connectivity index (χ3n) is 2.12. The number of rotatable bonds is 5. The van der Waals surface area contributed by atoms with E-state index in [1.54, 1.807) is 0 Å². The molecule has 0 aliphatic carbocycles. The summed E-state index contributed by atoms with van der Waals surface area (Å²) in [6, 6.07) is 3.97. The fourth-order valence-corrected chi connectivity index (χ4v) is 1.50. The van der Waals surface area contributed by atoms with Crippen LogP contribution in [0.25, 0.3) is 0 Å². The molecule has 1 atom stereocenters. The predicted octanol–water partition coefficient (Wildman–Crippen LogP) is 0.331. The standard InChI is InChI=1S/C10H11ClN2O5/c11-8-3-1-2-7(9(8)13(17)18)10(16)12-4-6(15)5-14/h1-3,6,14-15H,4-5H2,(H,12,16). The molecule has 18 heavy (non-hydrogen) atoms. The Labute approximate surface area is 107 Å². The molecule has 0 fully saturated rings. The summed E-state index contributed by atoms with van der Waals surface area (Å²) in [5, 5.41) is 30.5. The summed E-state index contributed by atoms with van der Waals surface area (Å²) < 4.78 is 0. The molecule has 7 nitrogen and oxygen atoms in total. The molecule has 3 N–H and O–H groups in total. The maximum Gasteiger partial charge on any atom is 0.300 e. The van der Waals surface area contributed by atoms with Gasteiger partial charge < -0.3 is 15.5 Å². The fourth-order valence-electron chi connectivity index (χ4n) is 1.25. The number of nitrogens with zero attached hydrogens (tertiary/aromatic N) is 1. The molecule has 1 aromatic rings. The number of para-hydroxylation sites is 1. The number of carbonyl (C=O) groups is 1. The minimum atomic E-state index is -1.12. The normalized spacial score (nSPS) is 11.9. The predicted molar refractivity (Wildman–Crippen MR) is 63.5 cm³/mol. The van der Waals surface area contributed by atoms with Gasteiger partial charge in [-0.25, -0.2) is 0 Å². The van der Waals surface area contributed by atoms with Crippen LogP contribution < -0.4 is 5.32 Å². The van der Waals surface area contributed by atoms with E-state index in [-0.39, 0.29) is 17.1 Å². The van der Waals surface area contributed by atoms with Crippen molar-refractivity contribution in [2.75, 3.05) is 13.2 Å². The van der Waals surface area contributed by atoms with Crippen molar-refractivity contribution in [2.24, 2.45) is 0 Å². The Morgan fingerprint density at radius 2 is 2.22 bits per heavy atom. The van der Waals surface area contributed by atoms with Crippen LogP contribution >= 0.6 is 11.6 Å². The van der Waals surface area contributed by atoms with E-state index in [1.165, 1.54) is 18.2 Å². The van der Waals surface area contributed by atoms with E-state index in [4.69, 9.17) is 21.8 Å². The van der Waals surface area contributed by atoms with Crippen molar-refractivity contribution in [3.63, 3.8) is 0 Å². The van der Waals surface area contributed by atoms with Gasteiger partial charge in [0.25, 0.3) is 5.91 Å². The average Bonchev–Trinajstić information content (AvgIpc) is 2.34. The van der Waals surface area contributed by atoms with Gasteiger partial charge in [0.05, 0.1) is 17.6 Å². The summed E-state index contributed by atoms with van der Waals surface area (Å²) in [6.45, 7) is -0.725. The first kappa shape index (κ1) is 14.4. The molecule has 0 saturated carbocycles. The number of benzene rings is 1. The van der Waals surface area contributed by atoms with Crippen LogP contribution in [0.3, 0.4) is 0 Å². The highest BCUT2D eigenvalue weighted by atomic mass is 35.5. The van der Waals surface area contributed by atoms with Crippen LogP contribution in [0.5, 0.6) is 0 Å². The lowest BCUT2D eigenvalue weighted by molar-refractivity contribution is -0.385. The molecule has 0 radical (unpaired) electrons. The third-order valence-corrected chi connectivity index (χ3v) is 2.43. The first-order chi connectivity index (χ1) is 8.47. The van der Waals surface area contributed by atoms with Gasteiger partial charge in [0.2, 0.25) is 0 Å². The quantitative estimate of drug-likeness (QED) is 0.529. The molecule has 1 aromatic carbocycles. The number of aliphatic hydroxyl groups is 2. The molecular formula is C10H11ClN2O5. The number of carbonyl (C=O) groups excluding carboxylic acids is 1. The number of hydrogen-bond donors (Lipinski definition) is 3. The number of aliphatic hydroxyl groups excluding tert-OH is 2. The van der Waals surface area contributed by atoms with Gasteiger partial charge in [0.1, 0.15) is 10.6 Å². The molecule has 1 amide bonds. The van der Waals surface area contributed by atoms with E-state index in [1.807, 2.05) is 0 Å². The van der Waals surface area contributed by atoms with Crippen LogP contribution in [0.4, 0.5) is 5.69 Å². The summed E-state index contributed by atoms with van der Waals surface area (Å²) in [5.74, 6) is -0.739. The molecular weight excluding hydrogens is 264 g/mol. The minimum Gasteiger partial charge on any atom is -0.394 e. The number of nitro benzene ring substituents is 1. The van der Waals surface area contributed by atoms with E-state index in [0.717, 1.165) is 0 Å². The summed E-state index contributed by atoms with van der Waals surface area (Å²) in [6.07, 6.45) is -1.12. The SMILES string of the molecule is O=C(NCC(O)CO)c1cccc(Cl)c1[N+](=O)[O-]. The largest absolute Gasteiger partial charge is 0.394 e. The lowest BCUT2D eigenvalue weighted by Crippen LogP contribution is -2.34. The van der Waals surface area contributed by atoms with Crippen LogP contribution in [-0.4, -0.2) is 40.3 Å². The highest BCUT2D eigenvalue weighted by Gasteiger charge is 2.23. The molecule has 0 saturated heterocycles. The second-order valence-electron chi connectivity index (χ2n) is 3.44. The Balaban J connectivity index is 2.92. The molecule has 8 heteroatoms. The molecule has 1 rings (SSSR count). The summed E-state index contributed by atoms with van der Waals surface area (Å²) in [4.78, 5) is 21.7. The van der Waals surface area contributed by atoms with Gasteiger partial charge in [-0.2, -0.15) is 0 Å². The summed E-state index contributed by atoms with van der Waals surface area (Å²) >= 11 is 5.65. The van der Waals surface area contributed by atoms with Gasteiger partial charge in [0.15, 0.2) is 0 Å². The number of halogens is 1. The third kappa shape index (κ3) is 3.39. The van der Waals surface area contributed by atoms with E-state index in [9.17, 15) is 14.9 Å². The Bertz CT molecular complexity index is 466. The van der Waals surface area contributed by atoms with Gasteiger partial charge in [-0.3, -0.25) is 14.9 Å². The Morgan fingerprint density at radius 3 is 2.78 bits per heavy atom. The zero-order valence-corrected chi connectivity index (χ0v) is 9.92. The number of nitrogens with one attached hydrogen (secondary N) is 1. The highest BCUT2D eigenvalue weighted by molar-refractivity contribution is 6.33. The summed E-state index contributed by atoms with van der Waals surface area (Å²) in [7, 11) is 0. The van der Waals surface area contributed by atoms with Crippen LogP contribution in [0, 0.1) is 10.1 Å². The summed E-state index contributed by atoms with van der Waals surface area (Å²) in [5.41, 5.74) is -0.687. The van der Waals surface area contributed by atoms with Gasteiger partial charge >= 0.3 is 5.69 Å². The molecule has 0 bridgehead atoms. The minimum absolute atomic E-state index is 0.143. The first-order valence-corrected chi connectivity index (χ1v) is 5.35. The molecule has 0 aliphatic rings. The monoisotopic (exact) mass is 274 g/mol. The van der Waals surface area contributed by atoms with Crippen molar-refractivity contribution in [1.82, 2.24) is 5.32 Å². The van der Waals surface area contributed by atoms with Gasteiger partial charge in [-0.05, 0) is 12.1 Å². The van der Waals surface area contributed by atoms with Gasteiger partial charge in [0, 0.05) is 6.54 Å². The molecule has 1 unspecified atom stereocenters. The van der Waals surface area contributed by atoms with Crippen LogP contribution in [0.2, 0.25) is 5.02 Å². The number of amides is 1. The maximum absolute atomic E-state index is 11.7. The van der Waals surface area contributed by atoms with Crippen molar-refractivity contribution in [1.29, 1.82) is 0 Å². The average molecular weight is 275 g/mol. The van der Waals surface area contributed by atoms with Gasteiger partial charge in [-0.15, -0.1) is 0 Å². The van der Waals surface area contributed by atoms with Crippen molar-refractivity contribution in [3.8, 4) is 0 Å². The Kier molecular flexibility index (Phi) is 5.02. The van der Waals surface area contributed by atoms with E-state index >= 15 is 0 Å². The topological polar surface area (TPSA) is 113 Å². The molecule has 98 valence electrons. The van der Waals surface area contributed by atoms with Crippen LogP contribution in [-0.2, 0) is 0 Å². The zero-order valence-electron chi connectivity index (χ0n) is 9.17. The molecule has 0 aromatic heterocycles. The van der Waals surface area contributed by atoms with Crippen molar-refractivity contribution < 1.29 is 19.9 Å². The lowest BCUT2D eigenvalue weighted by Gasteiger charge is -2.09. The second-order valence-corrected chi connectivity index (χ2v) is 3.85. The molecule has 0 spiro atoms. The Hall–Kier alpha value is -1.70. The van der Waals surface area contributed by atoms with E-state index in [0.29, 0.717) is 0 Å². The fraction of sp³-hybridized carbons (Fsp3) is 0.300. The number of nitro groups is 1. The Morgan fingerprint density at radius 1 is 1.56 bits per heavy atom. The molecule has 0 aliphatic heterocycles. The maximum atomic E-state index is 11.7. The van der Waals surface area contributed by atoms with Crippen molar-refractivity contribution in [3.05, 3.63) is 38.9 Å².